The van der Waals surface area contributed by atoms with Crippen molar-refractivity contribution in [2.24, 2.45) is 0 Å². The molecule has 5 nitrogen and oxygen atoms in total. The van der Waals surface area contributed by atoms with E-state index < -0.39 is 10.0 Å². The van der Waals surface area contributed by atoms with Gasteiger partial charge >= 0.3 is 0 Å². The molecule has 0 bridgehead atoms. The fraction of sp³-hybridized carbons (Fsp3) is 0.208. The molecule has 3 rings (SSSR count). The number of amides is 1. The first-order chi connectivity index (χ1) is 14.2. The van der Waals surface area contributed by atoms with Crippen LogP contribution in [0.3, 0.4) is 0 Å². The molecule has 0 unspecified atom stereocenters. The normalized spacial score (nSPS) is 11.2. The van der Waals surface area contributed by atoms with Crippen LogP contribution in [0.5, 0.6) is 0 Å². The summed E-state index contributed by atoms with van der Waals surface area (Å²) in [5, 5.41) is 0. The third kappa shape index (κ3) is 5.07. The minimum Gasteiger partial charge on any atom is -0.337 e. The highest BCUT2D eigenvalue weighted by molar-refractivity contribution is 7.92. The highest BCUT2D eigenvalue weighted by atomic mass is 32.2. The number of anilines is 1. The molecule has 30 heavy (non-hydrogen) atoms. The van der Waals surface area contributed by atoms with Crippen molar-refractivity contribution in [2.75, 3.05) is 11.8 Å². The second kappa shape index (κ2) is 8.71. The van der Waals surface area contributed by atoms with Gasteiger partial charge in [-0.05, 0) is 56.2 Å². The first kappa shape index (κ1) is 21.6. The van der Waals surface area contributed by atoms with E-state index in [1.165, 1.54) is 0 Å². The molecule has 0 heterocycles. The van der Waals surface area contributed by atoms with Gasteiger partial charge in [0.25, 0.3) is 15.9 Å². The molecule has 0 spiro atoms. The molecule has 0 radical (unpaired) electrons. The molecular formula is C24H26N2O3S. The number of nitrogens with zero attached hydrogens (tertiary/aromatic N) is 1. The Morgan fingerprint density at radius 1 is 0.867 bits per heavy atom. The van der Waals surface area contributed by atoms with Crippen molar-refractivity contribution >= 4 is 21.6 Å². The average molecular weight is 423 g/mol. The molecule has 0 aliphatic carbocycles. The van der Waals surface area contributed by atoms with Crippen molar-refractivity contribution in [1.82, 2.24) is 4.90 Å². The number of rotatable bonds is 6. The topological polar surface area (TPSA) is 66.5 Å². The molecule has 3 aromatic rings. The lowest BCUT2D eigenvalue weighted by molar-refractivity contribution is 0.0785. The lowest BCUT2D eigenvalue weighted by Crippen LogP contribution is -2.26. The summed E-state index contributed by atoms with van der Waals surface area (Å²) in [5.41, 5.74) is 4.74. The highest BCUT2D eigenvalue weighted by Gasteiger charge is 2.18. The summed E-state index contributed by atoms with van der Waals surface area (Å²) >= 11 is 0. The lowest BCUT2D eigenvalue weighted by Gasteiger charge is -2.19. The largest absolute Gasteiger partial charge is 0.337 e. The number of aryl methyl sites for hydroxylation is 3. The van der Waals surface area contributed by atoms with Crippen LogP contribution in [0.4, 0.5) is 5.69 Å². The van der Waals surface area contributed by atoms with E-state index in [0.29, 0.717) is 17.8 Å². The maximum Gasteiger partial charge on any atom is 0.261 e. The first-order valence-corrected chi connectivity index (χ1v) is 11.2. The predicted octanol–water partition coefficient (Wildman–Crippen LogP) is 4.68. The van der Waals surface area contributed by atoms with Gasteiger partial charge in [0.2, 0.25) is 0 Å². The molecule has 1 amide bonds. The maximum absolute atomic E-state index is 12.9. The fourth-order valence-corrected chi connectivity index (χ4v) is 4.17. The predicted molar refractivity (Wildman–Crippen MR) is 120 cm³/mol. The molecular weight excluding hydrogens is 396 g/mol. The van der Waals surface area contributed by atoms with Gasteiger partial charge in [-0.1, -0.05) is 53.6 Å². The molecule has 0 saturated heterocycles. The molecule has 0 aromatic heterocycles. The molecule has 6 heteroatoms. The van der Waals surface area contributed by atoms with Crippen LogP contribution in [0.2, 0.25) is 0 Å². The molecule has 0 fully saturated rings. The second-order valence-corrected chi connectivity index (χ2v) is 9.28. The summed E-state index contributed by atoms with van der Waals surface area (Å²) in [6, 6.07) is 19.7. The van der Waals surface area contributed by atoms with E-state index in [-0.39, 0.29) is 10.8 Å². The van der Waals surface area contributed by atoms with Crippen molar-refractivity contribution < 1.29 is 13.2 Å². The number of carbonyl (C=O) groups excluding carboxylic acids is 1. The zero-order chi connectivity index (χ0) is 21.9. The van der Waals surface area contributed by atoms with Gasteiger partial charge in [-0.2, -0.15) is 0 Å². The number of sulfonamides is 1. The van der Waals surface area contributed by atoms with Crippen LogP contribution >= 0.6 is 0 Å². The Hall–Kier alpha value is -3.12. The smallest absolute Gasteiger partial charge is 0.261 e. The van der Waals surface area contributed by atoms with Crippen molar-refractivity contribution in [3.8, 4) is 0 Å². The van der Waals surface area contributed by atoms with E-state index in [2.05, 4.69) is 4.72 Å². The number of benzene rings is 3. The summed E-state index contributed by atoms with van der Waals surface area (Å²) in [7, 11) is -2.01. The van der Waals surface area contributed by atoms with E-state index in [4.69, 9.17) is 0 Å². The molecule has 0 aliphatic heterocycles. The minimum atomic E-state index is -3.74. The zero-order valence-electron chi connectivity index (χ0n) is 17.6. The van der Waals surface area contributed by atoms with Crippen molar-refractivity contribution in [3.05, 3.63) is 94.5 Å². The van der Waals surface area contributed by atoms with Crippen LogP contribution < -0.4 is 4.72 Å². The third-order valence-corrected chi connectivity index (χ3v) is 6.33. The van der Waals surface area contributed by atoms with Gasteiger partial charge in [0.05, 0.1) is 10.6 Å². The molecule has 0 aliphatic rings. The lowest BCUT2D eigenvalue weighted by atomic mass is 10.1. The minimum absolute atomic E-state index is 0.175. The van der Waals surface area contributed by atoms with E-state index >= 15 is 0 Å². The van der Waals surface area contributed by atoms with Crippen LogP contribution in [0.15, 0.2) is 71.6 Å². The Morgan fingerprint density at radius 2 is 1.43 bits per heavy atom. The van der Waals surface area contributed by atoms with Crippen molar-refractivity contribution in [2.45, 2.75) is 32.2 Å². The van der Waals surface area contributed by atoms with Gasteiger partial charge in [-0.25, -0.2) is 8.42 Å². The van der Waals surface area contributed by atoms with E-state index in [1.807, 2.05) is 38.1 Å². The standard InChI is InChI=1S/C24H26N2O3S/c1-17-5-10-20(11-6-17)16-26(4)24(27)21-12-9-19(3)23(15-21)25-30(28,29)22-13-7-18(2)8-14-22/h5-15,25H,16H2,1-4H3. The van der Waals surface area contributed by atoms with Gasteiger partial charge in [-0.15, -0.1) is 0 Å². The first-order valence-electron chi connectivity index (χ1n) is 9.67. The Bertz CT molecular complexity index is 1150. The highest BCUT2D eigenvalue weighted by Crippen LogP contribution is 2.22. The Morgan fingerprint density at radius 3 is 2.03 bits per heavy atom. The van der Waals surface area contributed by atoms with E-state index in [9.17, 15) is 13.2 Å². The molecule has 3 aromatic carbocycles. The SMILES string of the molecule is Cc1ccc(CN(C)C(=O)c2ccc(C)c(NS(=O)(=O)c3ccc(C)cc3)c2)cc1. The van der Waals surface area contributed by atoms with Crippen LogP contribution in [-0.4, -0.2) is 26.3 Å². The summed E-state index contributed by atoms with van der Waals surface area (Å²) in [6.07, 6.45) is 0. The van der Waals surface area contributed by atoms with Gasteiger partial charge in [-0.3, -0.25) is 9.52 Å². The molecule has 1 N–H and O–H groups in total. The van der Waals surface area contributed by atoms with E-state index in [0.717, 1.165) is 22.3 Å². The number of hydrogen-bond acceptors (Lipinski definition) is 3. The van der Waals surface area contributed by atoms with Crippen molar-refractivity contribution in [1.29, 1.82) is 0 Å². The van der Waals surface area contributed by atoms with Gasteiger partial charge in [0, 0.05) is 19.2 Å². The summed E-state index contributed by atoms with van der Waals surface area (Å²) < 4.78 is 28.1. The summed E-state index contributed by atoms with van der Waals surface area (Å²) in [6.45, 7) is 6.19. The zero-order valence-corrected chi connectivity index (χ0v) is 18.5. The second-order valence-electron chi connectivity index (χ2n) is 7.60. The molecule has 156 valence electrons. The van der Waals surface area contributed by atoms with Crippen LogP contribution in [0.1, 0.15) is 32.6 Å². The quantitative estimate of drug-likeness (QED) is 0.627. The van der Waals surface area contributed by atoms with Gasteiger partial charge in [0.1, 0.15) is 0 Å². The fourth-order valence-electron chi connectivity index (χ4n) is 3.05. The Kier molecular flexibility index (Phi) is 6.27. The summed E-state index contributed by atoms with van der Waals surface area (Å²) in [5.74, 6) is -0.175. The Labute approximate surface area is 178 Å². The third-order valence-electron chi connectivity index (χ3n) is 4.95. The van der Waals surface area contributed by atoms with Crippen LogP contribution in [-0.2, 0) is 16.6 Å². The average Bonchev–Trinajstić information content (AvgIpc) is 2.71. The monoisotopic (exact) mass is 422 g/mol. The Balaban J connectivity index is 1.81. The van der Waals surface area contributed by atoms with Gasteiger partial charge in [0.15, 0.2) is 0 Å². The van der Waals surface area contributed by atoms with Crippen molar-refractivity contribution in [3.63, 3.8) is 0 Å². The number of nitrogens with one attached hydrogen (secondary N) is 1. The van der Waals surface area contributed by atoms with Crippen LogP contribution in [0.25, 0.3) is 0 Å². The number of carbonyl (C=O) groups is 1. The van der Waals surface area contributed by atoms with E-state index in [1.54, 1.807) is 61.3 Å². The maximum atomic E-state index is 12.9. The van der Waals surface area contributed by atoms with Gasteiger partial charge < -0.3 is 4.90 Å². The molecule has 0 atom stereocenters. The molecule has 0 saturated carbocycles. The summed E-state index contributed by atoms with van der Waals surface area (Å²) in [4.78, 5) is 14.7. The number of hydrogen-bond donors (Lipinski definition) is 1. The van der Waals surface area contributed by atoms with Crippen LogP contribution in [0, 0.1) is 20.8 Å².